The number of fused-ring (bicyclic) bond motifs is 5. The molecule has 1 aromatic carbocycles. The van der Waals surface area contributed by atoms with Gasteiger partial charge in [-0.1, -0.05) is 19.9 Å². The van der Waals surface area contributed by atoms with E-state index in [0.29, 0.717) is 22.8 Å². The molecular weight excluding hydrogens is 499 g/mol. The highest BCUT2D eigenvalue weighted by molar-refractivity contribution is 14.1. The van der Waals surface area contributed by atoms with Crippen molar-refractivity contribution in [1.82, 2.24) is 0 Å². The molecule has 0 unspecified atom stereocenters. The van der Waals surface area contributed by atoms with Crippen molar-refractivity contribution in [3.8, 4) is 0 Å². The lowest BCUT2D eigenvalue weighted by molar-refractivity contribution is -0.153. The molecule has 4 saturated carbocycles. The number of hydrogen-bond acceptors (Lipinski definition) is 3. The molecular formula is C27H37IO3. The van der Waals surface area contributed by atoms with Crippen LogP contribution in [0.5, 0.6) is 0 Å². The van der Waals surface area contributed by atoms with Crippen molar-refractivity contribution in [3.63, 3.8) is 0 Å². The fourth-order valence-corrected chi connectivity index (χ4v) is 8.95. The van der Waals surface area contributed by atoms with Crippen LogP contribution in [0.3, 0.4) is 0 Å². The highest BCUT2D eigenvalue weighted by Gasteiger charge is 2.63. The smallest absolute Gasteiger partial charge is 0.338 e. The molecule has 4 fully saturated rings. The molecule has 31 heavy (non-hydrogen) atoms. The maximum atomic E-state index is 12.7. The van der Waals surface area contributed by atoms with Crippen molar-refractivity contribution < 1.29 is 14.6 Å². The van der Waals surface area contributed by atoms with Gasteiger partial charge >= 0.3 is 5.97 Å². The predicted molar refractivity (Wildman–Crippen MR) is 131 cm³/mol. The quantitative estimate of drug-likeness (QED) is 0.342. The molecule has 4 aliphatic rings. The van der Waals surface area contributed by atoms with E-state index in [1.165, 1.54) is 38.5 Å². The summed E-state index contributed by atoms with van der Waals surface area (Å²) in [4.78, 5) is 12.7. The lowest BCUT2D eigenvalue weighted by atomic mass is 9.44. The van der Waals surface area contributed by atoms with Crippen LogP contribution in [0.4, 0.5) is 0 Å². The molecule has 3 nitrogen and oxygen atoms in total. The average Bonchev–Trinajstić information content (AvgIpc) is 2.97. The Balaban J connectivity index is 1.28. The normalized spacial score (nSPS) is 46.5. The van der Waals surface area contributed by atoms with Crippen molar-refractivity contribution in [2.45, 2.75) is 90.3 Å². The summed E-state index contributed by atoms with van der Waals surface area (Å²) in [6, 6.07) is 7.70. The topological polar surface area (TPSA) is 46.5 Å². The zero-order chi connectivity index (χ0) is 22.0. The maximum absolute atomic E-state index is 12.7. The molecule has 5 rings (SSSR count). The number of ether oxygens (including phenoxy) is 1. The Morgan fingerprint density at radius 2 is 1.81 bits per heavy atom. The number of carbonyl (C=O) groups excluding carboxylic acids is 1. The summed E-state index contributed by atoms with van der Waals surface area (Å²) in [5.41, 5.74) is 0.631. The molecule has 0 heterocycles. The van der Waals surface area contributed by atoms with Gasteiger partial charge in [-0.05, 0) is 140 Å². The molecule has 4 heteroatoms. The highest BCUT2D eigenvalue weighted by Crippen LogP contribution is 2.68. The average molecular weight is 536 g/mol. The van der Waals surface area contributed by atoms with Gasteiger partial charge in [0.05, 0.1) is 11.2 Å². The van der Waals surface area contributed by atoms with Gasteiger partial charge in [0.1, 0.15) is 6.10 Å². The van der Waals surface area contributed by atoms with E-state index in [1.54, 1.807) is 0 Å². The minimum atomic E-state index is -0.499. The first-order valence-electron chi connectivity index (χ1n) is 12.3. The maximum Gasteiger partial charge on any atom is 0.338 e. The monoisotopic (exact) mass is 536 g/mol. The Kier molecular flexibility index (Phi) is 5.52. The minimum absolute atomic E-state index is 0.0565. The lowest BCUT2D eigenvalue weighted by Crippen LogP contribution is -2.56. The molecule has 4 aliphatic carbocycles. The van der Waals surface area contributed by atoms with Gasteiger partial charge < -0.3 is 9.84 Å². The summed E-state index contributed by atoms with van der Waals surface area (Å²) < 4.78 is 7.07. The van der Waals surface area contributed by atoms with Gasteiger partial charge in [-0.2, -0.15) is 0 Å². The Labute approximate surface area is 200 Å². The van der Waals surface area contributed by atoms with Crippen molar-refractivity contribution in [2.75, 3.05) is 0 Å². The predicted octanol–water partition coefficient (Wildman–Crippen LogP) is 6.61. The zero-order valence-electron chi connectivity index (χ0n) is 19.2. The van der Waals surface area contributed by atoms with Crippen LogP contribution in [0.25, 0.3) is 0 Å². The fraction of sp³-hybridized carbons (Fsp3) is 0.741. The van der Waals surface area contributed by atoms with Crippen LogP contribution >= 0.6 is 22.6 Å². The van der Waals surface area contributed by atoms with E-state index in [2.05, 4.69) is 43.4 Å². The second kappa shape index (κ2) is 7.72. The number of halogens is 1. The van der Waals surface area contributed by atoms with E-state index in [-0.39, 0.29) is 17.5 Å². The van der Waals surface area contributed by atoms with E-state index in [0.717, 1.165) is 34.7 Å². The van der Waals surface area contributed by atoms with Crippen molar-refractivity contribution >= 4 is 28.6 Å². The Morgan fingerprint density at radius 1 is 1.03 bits per heavy atom. The molecule has 0 radical (unpaired) electrons. The van der Waals surface area contributed by atoms with Gasteiger partial charge in [0.2, 0.25) is 0 Å². The first-order chi connectivity index (χ1) is 14.6. The Morgan fingerprint density at radius 3 is 2.58 bits per heavy atom. The number of esters is 1. The van der Waals surface area contributed by atoms with Crippen molar-refractivity contribution in [1.29, 1.82) is 0 Å². The van der Waals surface area contributed by atoms with Crippen LogP contribution in [0, 0.1) is 38.1 Å². The van der Waals surface area contributed by atoms with Gasteiger partial charge in [-0.25, -0.2) is 4.79 Å². The molecule has 8 atom stereocenters. The van der Waals surface area contributed by atoms with Gasteiger partial charge in [0.25, 0.3) is 0 Å². The van der Waals surface area contributed by atoms with Crippen molar-refractivity contribution in [3.05, 3.63) is 33.4 Å². The molecule has 0 spiro atoms. The first-order valence-corrected chi connectivity index (χ1v) is 13.4. The van der Waals surface area contributed by atoms with Crippen LogP contribution < -0.4 is 0 Å². The van der Waals surface area contributed by atoms with E-state index in [9.17, 15) is 9.90 Å². The van der Waals surface area contributed by atoms with Crippen LogP contribution in [0.1, 0.15) is 88.9 Å². The van der Waals surface area contributed by atoms with Crippen LogP contribution in [0.2, 0.25) is 0 Å². The Hall–Kier alpha value is -0.620. The fourth-order valence-electron chi connectivity index (χ4n) is 8.40. The van der Waals surface area contributed by atoms with E-state index in [1.807, 2.05) is 24.3 Å². The lowest BCUT2D eigenvalue weighted by Gasteiger charge is -2.61. The standard InChI is InChI=1S/C27H37IO3/c1-25-12-9-20(31-24(29)17-5-4-6-19(28)15-17)16-18(25)7-8-21-22(25)10-13-26(2)23(21)11-14-27(26,3)30/h4-6,15,18,20-23,30H,7-14,16H2,1-3H3/t18-,20+,21-,22+,23+,25-,26+,27-/m0/s1. The molecule has 1 aromatic rings. The number of hydrogen-bond donors (Lipinski definition) is 1. The minimum Gasteiger partial charge on any atom is -0.459 e. The summed E-state index contributed by atoms with van der Waals surface area (Å²) >= 11 is 2.24. The third-order valence-corrected chi connectivity index (χ3v) is 11.2. The zero-order valence-corrected chi connectivity index (χ0v) is 21.4. The summed E-state index contributed by atoms with van der Waals surface area (Å²) in [6.45, 7) is 7.01. The molecule has 170 valence electrons. The van der Waals surface area contributed by atoms with Crippen LogP contribution in [0.15, 0.2) is 24.3 Å². The summed E-state index contributed by atoms with van der Waals surface area (Å²) in [5, 5.41) is 11.1. The molecule has 1 N–H and O–H groups in total. The summed E-state index contributed by atoms with van der Waals surface area (Å²) in [5.74, 6) is 2.70. The number of aliphatic hydroxyl groups is 1. The van der Waals surface area contributed by atoms with Gasteiger partial charge in [0.15, 0.2) is 0 Å². The second-order valence-electron chi connectivity index (χ2n) is 11.7. The van der Waals surface area contributed by atoms with Gasteiger partial charge in [-0.15, -0.1) is 0 Å². The second-order valence-corrected chi connectivity index (χ2v) is 13.0. The SMILES string of the molecule is C[C@]12CC[C@@H](OC(=O)c3cccc(I)c3)C[C@@H]1CC[C@H]1[C@H]2CC[C@]2(C)[C@@H]1CC[C@]2(C)O. The Bertz CT molecular complexity index is 866. The summed E-state index contributed by atoms with van der Waals surface area (Å²) in [6.07, 6.45) is 10.4. The third-order valence-electron chi connectivity index (χ3n) is 10.5. The summed E-state index contributed by atoms with van der Waals surface area (Å²) in [7, 11) is 0. The molecule has 0 aromatic heterocycles. The van der Waals surface area contributed by atoms with Gasteiger partial charge in [0, 0.05) is 3.57 Å². The highest BCUT2D eigenvalue weighted by atomic mass is 127. The van der Waals surface area contributed by atoms with E-state index < -0.39 is 5.60 Å². The van der Waals surface area contributed by atoms with Crippen LogP contribution in [-0.2, 0) is 4.74 Å². The van der Waals surface area contributed by atoms with E-state index in [4.69, 9.17) is 4.74 Å². The number of carbonyl (C=O) groups is 1. The first kappa shape index (κ1) is 22.2. The third kappa shape index (κ3) is 3.50. The number of benzene rings is 1. The molecule has 0 bridgehead atoms. The van der Waals surface area contributed by atoms with Crippen LogP contribution in [-0.4, -0.2) is 22.8 Å². The largest absolute Gasteiger partial charge is 0.459 e. The molecule has 0 amide bonds. The van der Waals surface area contributed by atoms with Gasteiger partial charge in [-0.3, -0.25) is 0 Å². The molecule has 0 aliphatic heterocycles. The van der Waals surface area contributed by atoms with Crippen molar-refractivity contribution in [2.24, 2.45) is 34.5 Å². The molecule has 0 saturated heterocycles. The van der Waals surface area contributed by atoms with E-state index >= 15 is 0 Å². The number of rotatable bonds is 2.